The van der Waals surface area contributed by atoms with Crippen LogP contribution in [-0.2, 0) is 4.79 Å². The molecule has 0 aromatic heterocycles. The fraction of sp³-hybridized carbons (Fsp3) is 0.350. The quantitative estimate of drug-likeness (QED) is 0.855. The van der Waals surface area contributed by atoms with Crippen LogP contribution in [0.4, 0.5) is 4.39 Å². The van der Waals surface area contributed by atoms with Gasteiger partial charge in [0.1, 0.15) is 5.82 Å². The first-order valence-electron chi connectivity index (χ1n) is 7.96. The minimum atomic E-state index is -0.244. The largest absolute Gasteiger partial charge is 0.352 e. The smallest absolute Gasteiger partial charge is 0.220 e. The monoisotopic (exact) mass is 313 g/mol. The van der Waals surface area contributed by atoms with E-state index in [0.717, 1.165) is 11.1 Å². The van der Waals surface area contributed by atoms with Gasteiger partial charge in [0.2, 0.25) is 5.91 Å². The number of halogens is 1. The molecule has 0 heterocycles. The summed E-state index contributed by atoms with van der Waals surface area (Å²) in [5, 5.41) is 2.99. The zero-order valence-electron chi connectivity index (χ0n) is 14.0. The fourth-order valence-corrected chi connectivity index (χ4v) is 2.66. The first-order chi connectivity index (χ1) is 10.8. The Labute approximate surface area is 137 Å². The van der Waals surface area contributed by atoms with E-state index < -0.39 is 0 Å². The van der Waals surface area contributed by atoms with E-state index in [1.165, 1.54) is 12.1 Å². The van der Waals surface area contributed by atoms with Gasteiger partial charge in [-0.15, -0.1) is 0 Å². The van der Waals surface area contributed by atoms with E-state index in [1.54, 1.807) is 12.1 Å². The van der Waals surface area contributed by atoms with Crippen molar-refractivity contribution in [2.24, 2.45) is 0 Å². The first kappa shape index (κ1) is 17.2. The molecule has 2 nitrogen and oxygen atoms in total. The van der Waals surface area contributed by atoms with E-state index in [1.807, 2.05) is 39.0 Å². The molecule has 0 unspecified atom stereocenters. The number of rotatable bonds is 5. The average molecular weight is 313 g/mol. The molecule has 0 bridgehead atoms. The molecular weight excluding hydrogens is 289 g/mol. The third-order valence-electron chi connectivity index (χ3n) is 3.65. The van der Waals surface area contributed by atoms with Crippen LogP contribution in [0, 0.1) is 5.82 Å². The van der Waals surface area contributed by atoms with Crippen molar-refractivity contribution in [1.82, 2.24) is 5.32 Å². The van der Waals surface area contributed by atoms with E-state index >= 15 is 0 Å². The Bertz CT molecular complexity index is 629. The molecule has 2 rings (SSSR count). The summed E-state index contributed by atoms with van der Waals surface area (Å²) in [5.41, 5.74) is 1.94. The van der Waals surface area contributed by atoms with Gasteiger partial charge in [0, 0.05) is 17.9 Å². The maximum Gasteiger partial charge on any atom is 0.220 e. The summed E-state index contributed by atoms with van der Waals surface area (Å²) >= 11 is 0. The lowest BCUT2D eigenvalue weighted by Gasteiger charge is -2.22. The van der Waals surface area contributed by atoms with Crippen molar-refractivity contribution in [3.05, 3.63) is 71.5 Å². The van der Waals surface area contributed by atoms with Crippen LogP contribution in [0.5, 0.6) is 0 Å². The third-order valence-corrected chi connectivity index (χ3v) is 3.65. The second-order valence-electron chi connectivity index (χ2n) is 6.85. The van der Waals surface area contributed by atoms with Crippen molar-refractivity contribution in [3.8, 4) is 0 Å². The van der Waals surface area contributed by atoms with Crippen LogP contribution in [0.15, 0.2) is 54.6 Å². The van der Waals surface area contributed by atoms with E-state index in [2.05, 4.69) is 17.4 Å². The van der Waals surface area contributed by atoms with Gasteiger partial charge in [-0.05, 0) is 50.5 Å². The number of benzene rings is 2. The molecule has 0 aliphatic rings. The lowest BCUT2D eigenvalue weighted by Crippen LogP contribution is -2.40. The predicted molar refractivity (Wildman–Crippen MR) is 91.8 cm³/mol. The highest BCUT2D eigenvalue weighted by molar-refractivity contribution is 5.76. The van der Waals surface area contributed by atoms with E-state index in [-0.39, 0.29) is 23.2 Å². The van der Waals surface area contributed by atoms with Crippen LogP contribution < -0.4 is 5.32 Å². The predicted octanol–water partition coefficient (Wildman–Crippen LogP) is 4.65. The molecule has 0 aliphatic carbocycles. The fourth-order valence-electron chi connectivity index (χ4n) is 2.66. The van der Waals surface area contributed by atoms with Crippen LogP contribution in [0.2, 0.25) is 0 Å². The van der Waals surface area contributed by atoms with Gasteiger partial charge in [-0.25, -0.2) is 4.39 Å². The lowest BCUT2D eigenvalue weighted by molar-refractivity contribution is -0.122. The molecule has 1 atom stereocenters. The maximum absolute atomic E-state index is 13.2. The Morgan fingerprint density at radius 3 is 2.13 bits per heavy atom. The van der Waals surface area contributed by atoms with E-state index in [9.17, 15) is 9.18 Å². The number of carbonyl (C=O) groups is 1. The third kappa shape index (κ3) is 5.51. The molecule has 0 aliphatic heterocycles. The molecule has 0 fully saturated rings. The molecule has 1 N–H and O–H groups in total. The van der Waals surface area contributed by atoms with Crippen LogP contribution in [0.1, 0.15) is 50.7 Å². The van der Waals surface area contributed by atoms with Crippen molar-refractivity contribution in [2.45, 2.75) is 45.1 Å². The zero-order valence-corrected chi connectivity index (χ0v) is 14.0. The van der Waals surface area contributed by atoms with Gasteiger partial charge < -0.3 is 5.32 Å². The molecule has 2 aromatic rings. The Kier molecular flexibility index (Phi) is 5.54. The van der Waals surface area contributed by atoms with Crippen molar-refractivity contribution in [3.63, 3.8) is 0 Å². The summed E-state index contributed by atoms with van der Waals surface area (Å²) in [7, 11) is 0. The Hall–Kier alpha value is -2.16. The van der Waals surface area contributed by atoms with Crippen LogP contribution >= 0.6 is 0 Å². The SMILES string of the molecule is CC(C)(C)NC(=O)CC[C@H](c1ccccc1)c1ccc(F)cc1. The maximum atomic E-state index is 13.2. The van der Waals surface area contributed by atoms with Gasteiger partial charge >= 0.3 is 0 Å². The molecular formula is C20H24FNO. The summed E-state index contributed by atoms with van der Waals surface area (Å²) in [4.78, 5) is 12.1. The molecule has 3 heteroatoms. The number of hydrogen-bond acceptors (Lipinski definition) is 1. The summed E-state index contributed by atoms with van der Waals surface area (Å²) in [6, 6.07) is 16.6. The Morgan fingerprint density at radius 1 is 1.00 bits per heavy atom. The first-order valence-corrected chi connectivity index (χ1v) is 7.96. The molecule has 0 saturated carbocycles. The van der Waals surface area contributed by atoms with Crippen LogP contribution in [0.3, 0.4) is 0 Å². The Morgan fingerprint density at radius 2 is 1.57 bits per heavy atom. The number of carbonyl (C=O) groups excluding carboxylic acids is 1. The minimum absolute atomic E-state index is 0.0422. The van der Waals surface area contributed by atoms with E-state index in [0.29, 0.717) is 12.8 Å². The highest BCUT2D eigenvalue weighted by atomic mass is 19.1. The standard InChI is InChI=1S/C20H24FNO/c1-20(2,3)22-19(23)14-13-18(15-7-5-4-6-8-15)16-9-11-17(21)12-10-16/h4-12,18H,13-14H2,1-3H3,(H,22,23)/t18-/m1/s1. The minimum Gasteiger partial charge on any atom is -0.352 e. The second-order valence-corrected chi connectivity index (χ2v) is 6.85. The van der Waals surface area contributed by atoms with Gasteiger partial charge in [-0.3, -0.25) is 4.79 Å². The van der Waals surface area contributed by atoms with Crippen LogP contribution in [-0.4, -0.2) is 11.4 Å². The van der Waals surface area contributed by atoms with Gasteiger partial charge in [-0.2, -0.15) is 0 Å². The molecule has 0 saturated heterocycles. The number of amides is 1. The highest BCUT2D eigenvalue weighted by Gasteiger charge is 2.18. The second kappa shape index (κ2) is 7.40. The lowest BCUT2D eigenvalue weighted by atomic mass is 9.87. The summed E-state index contributed by atoms with van der Waals surface area (Å²) < 4.78 is 13.2. The van der Waals surface area contributed by atoms with Crippen molar-refractivity contribution in [2.75, 3.05) is 0 Å². The average Bonchev–Trinajstić information content (AvgIpc) is 2.48. The topological polar surface area (TPSA) is 29.1 Å². The van der Waals surface area contributed by atoms with Gasteiger partial charge in [-0.1, -0.05) is 42.5 Å². The zero-order chi connectivity index (χ0) is 16.9. The molecule has 2 aromatic carbocycles. The normalized spacial score (nSPS) is 12.7. The highest BCUT2D eigenvalue weighted by Crippen LogP contribution is 2.29. The molecule has 0 radical (unpaired) electrons. The molecule has 0 spiro atoms. The van der Waals surface area contributed by atoms with Gasteiger partial charge in [0.15, 0.2) is 0 Å². The van der Waals surface area contributed by atoms with Gasteiger partial charge in [0.25, 0.3) is 0 Å². The van der Waals surface area contributed by atoms with Crippen molar-refractivity contribution < 1.29 is 9.18 Å². The molecule has 1 amide bonds. The molecule has 122 valence electrons. The van der Waals surface area contributed by atoms with Crippen molar-refractivity contribution in [1.29, 1.82) is 0 Å². The van der Waals surface area contributed by atoms with E-state index in [4.69, 9.17) is 0 Å². The number of hydrogen-bond donors (Lipinski definition) is 1. The molecule has 23 heavy (non-hydrogen) atoms. The summed E-state index contributed by atoms with van der Waals surface area (Å²) in [6.07, 6.45) is 1.13. The Balaban J connectivity index is 2.15. The van der Waals surface area contributed by atoms with Gasteiger partial charge in [0.05, 0.1) is 0 Å². The van der Waals surface area contributed by atoms with Crippen molar-refractivity contribution >= 4 is 5.91 Å². The van der Waals surface area contributed by atoms with Crippen LogP contribution in [0.25, 0.3) is 0 Å². The summed E-state index contributed by atoms with van der Waals surface area (Å²) in [5.74, 6) is -0.117. The number of nitrogens with one attached hydrogen (secondary N) is 1. The summed E-state index contributed by atoms with van der Waals surface area (Å²) in [6.45, 7) is 5.92.